The Bertz CT molecular complexity index is 1060. The maximum atomic E-state index is 12.9. The van der Waals surface area contributed by atoms with Crippen molar-refractivity contribution in [2.75, 3.05) is 11.9 Å². The number of esters is 2. The molecular formula is C26H29NO6S. The van der Waals surface area contributed by atoms with Crippen molar-refractivity contribution >= 4 is 40.0 Å². The Balaban J connectivity index is 1.45. The third-order valence-electron chi connectivity index (χ3n) is 6.64. The number of benzene rings is 1. The molecule has 0 radical (unpaired) electrons. The number of rotatable bonds is 7. The van der Waals surface area contributed by atoms with Crippen LogP contribution in [0.5, 0.6) is 0 Å². The molecule has 2 aliphatic rings. The van der Waals surface area contributed by atoms with Crippen LogP contribution >= 0.6 is 11.3 Å². The van der Waals surface area contributed by atoms with E-state index in [2.05, 4.69) is 5.32 Å². The summed E-state index contributed by atoms with van der Waals surface area (Å²) in [6.45, 7) is 3.44. The van der Waals surface area contributed by atoms with Crippen LogP contribution in [0.3, 0.4) is 0 Å². The monoisotopic (exact) mass is 483 g/mol. The minimum absolute atomic E-state index is 0.0659. The van der Waals surface area contributed by atoms with Crippen molar-refractivity contribution in [2.45, 2.75) is 52.1 Å². The van der Waals surface area contributed by atoms with E-state index in [-0.39, 0.29) is 35.7 Å². The van der Waals surface area contributed by atoms with E-state index in [1.165, 1.54) is 18.3 Å². The number of thiophene rings is 1. The third-order valence-corrected chi connectivity index (χ3v) is 7.53. The van der Waals surface area contributed by atoms with Crippen LogP contribution in [-0.4, -0.2) is 36.3 Å². The molecule has 0 spiro atoms. The quantitative estimate of drug-likeness (QED) is 0.565. The molecule has 1 heterocycles. The summed E-state index contributed by atoms with van der Waals surface area (Å²) in [5, 5.41) is 4.89. The van der Waals surface area contributed by atoms with Crippen molar-refractivity contribution in [3.8, 4) is 11.1 Å². The van der Waals surface area contributed by atoms with Gasteiger partial charge >= 0.3 is 11.9 Å². The average Bonchev–Trinajstić information content (AvgIpc) is 3.23. The predicted molar refractivity (Wildman–Crippen MR) is 128 cm³/mol. The van der Waals surface area contributed by atoms with Crippen molar-refractivity contribution in [1.29, 1.82) is 0 Å². The number of hydrogen-bond donors (Lipinski definition) is 1. The third kappa shape index (κ3) is 5.06. The first kappa shape index (κ1) is 24.1. The van der Waals surface area contributed by atoms with Crippen LogP contribution in [0.2, 0.25) is 0 Å². The highest BCUT2D eigenvalue weighted by Crippen LogP contribution is 2.41. The number of fused-ring (bicyclic) bond motifs is 2. The van der Waals surface area contributed by atoms with E-state index in [1.54, 1.807) is 12.3 Å². The number of hydrogen-bond acceptors (Lipinski definition) is 7. The number of nitrogens with one attached hydrogen (secondary N) is 1. The first-order valence-electron chi connectivity index (χ1n) is 11.8. The number of ketones is 1. The average molecular weight is 484 g/mol. The van der Waals surface area contributed by atoms with Gasteiger partial charge in [0.1, 0.15) is 16.3 Å². The van der Waals surface area contributed by atoms with Gasteiger partial charge in [-0.15, -0.1) is 11.3 Å². The summed E-state index contributed by atoms with van der Waals surface area (Å²) in [5.74, 6) is -1.70. The molecule has 7 nitrogen and oxygen atoms in total. The zero-order valence-corrected chi connectivity index (χ0v) is 20.2. The summed E-state index contributed by atoms with van der Waals surface area (Å²) >= 11 is 1.22. The lowest BCUT2D eigenvalue weighted by Crippen LogP contribution is -2.41. The largest absolute Gasteiger partial charge is 0.462 e. The van der Waals surface area contributed by atoms with E-state index >= 15 is 0 Å². The lowest BCUT2D eigenvalue weighted by atomic mass is 9.67. The maximum absolute atomic E-state index is 12.9. The highest BCUT2D eigenvalue weighted by molar-refractivity contribution is 7.15. The SMILES string of the molecule is CCOC(=O)c1c(-c2ccccc2)csc1NC(=O)C(C)OC(=O)C1CC2CCCC(C1)C2=O. The number of anilines is 1. The first-order valence-corrected chi connectivity index (χ1v) is 12.7. The van der Waals surface area contributed by atoms with E-state index in [0.29, 0.717) is 23.4 Å². The van der Waals surface area contributed by atoms with Gasteiger partial charge < -0.3 is 14.8 Å². The first-order chi connectivity index (χ1) is 16.4. The van der Waals surface area contributed by atoms with Crippen LogP contribution in [0.4, 0.5) is 5.00 Å². The summed E-state index contributed by atoms with van der Waals surface area (Å²) in [6, 6.07) is 9.38. The second-order valence-electron chi connectivity index (χ2n) is 8.90. The molecule has 1 aromatic carbocycles. The van der Waals surface area contributed by atoms with Crippen molar-refractivity contribution in [3.63, 3.8) is 0 Å². The van der Waals surface area contributed by atoms with Gasteiger partial charge in [-0.05, 0) is 45.1 Å². The molecule has 1 N–H and O–H groups in total. The second-order valence-corrected chi connectivity index (χ2v) is 9.78. The summed E-state index contributed by atoms with van der Waals surface area (Å²) in [7, 11) is 0. The number of Topliss-reactive ketones (excluding diaryl/α,β-unsaturated/α-hetero) is 1. The lowest BCUT2D eigenvalue weighted by molar-refractivity contribution is -0.161. The molecule has 1 aromatic heterocycles. The van der Waals surface area contributed by atoms with Gasteiger partial charge in [0.15, 0.2) is 6.10 Å². The van der Waals surface area contributed by atoms with Gasteiger partial charge in [-0.25, -0.2) is 4.79 Å². The highest BCUT2D eigenvalue weighted by Gasteiger charge is 2.42. The van der Waals surface area contributed by atoms with Crippen molar-refractivity contribution < 1.29 is 28.7 Å². The van der Waals surface area contributed by atoms with Crippen molar-refractivity contribution in [3.05, 3.63) is 41.3 Å². The minimum Gasteiger partial charge on any atom is -0.462 e. The molecule has 1 amide bonds. The zero-order valence-electron chi connectivity index (χ0n) is 19.4. The fraction of sp³-hybridized carbons (Fsp3) is 0.462. The van der Waals surface area contributed by atoms with Gasteiger partial charge in [0.25, 0.3) is 5.91 Å². The van der Waals surface area contributed by atoms with Crippen molar-refractivity contribution in [2.24, 2.45) is 17.8 Å². The molecule has 0 aliphatic heterocycles. The summed E-state index contributed by atoms with van der Waals surface area (Å²) < 4.78 is 10.7. The van der Waals surface area contributed by atoms with Crippen molar-refractivity contribution in [1.82, 2.24) is 0 Å². The molecule has 3 atom stereocenters. The second kappa shape index (κ2) is 10.5. The van der Waals surface area contributed by atoms with E-state index in [1.807, 2.05) is 30.3 Å². The van der Waals surface area contributed by atoms with Crippen LogP contribution < -0.4 is 5.32 Å². The topological polar surface area (TPSA) is 98.8 Å². The molecule has 8 heteroatoms. The Morgan fingerprint density at radius 1 is 1.12 bits per heavy atom. The van der Waals surface area contributed by atoms with E-state index < -0.39 is 23.9 Å². The number of carbonyl (C=O) groups is 4. The van der Waals surface area contributed by atoms with Crippen LogP contribution in [0.1, 0.15) is 56.3 Å². The Morgan fingerprint density at radius 2 is 1.79 bits per heavy atom. The summed E-state index contributed by atoms with van der Waals surface area (Å²) in [5.41, 5.74) is 1.78. The van der Waals surface area contributed by atoms with Gasteiger partial charge in [-0.3, -0.25) is 14.4 Å². The van der Waals surface area contributed by atoms with Crippen LogP contribution in [0.25, 0.3) is 11.1 Å². The van der Waals surface area contributed by atoms with Crippen LogP contribution in [-0.2, 0) is 23.9 Å². The molecule has 2 bridgehead atoms. The molecule has 2 aromatic rings. The van der Waals surface area contributed by atoms with Gasteiger partial charge in [0, 0.05) is 22.8 Å². The fourth-order valence-corrected chi connectivity index (χ4v) is 5.86. The standard InChI is InChI=1S/C26H29NO6S/c1-3-32-26(31)21-20(16-8-5-4-6-9-16)14-34-24(21)27-23(29)15(2)33-25(30)19-12-17-10-7-11-18(13-19)22(17)28/h4-6,8-9,14-15,17-19H,3,7,10-13H2,1-2H3,(H,27,29). The normalized spacial score (nSPS) is 22.5. The van der Waals surface area contributed by atoms with Crippen LogP contribution in [0, 0.1) is 17.8 Å². The molecule has 180 valence electrons. The maximum Gasteiger partial charge on any atom is 0.341 e. The minimum atomic E-state index is -1.04. The van der Waals surface area contributed by atoms with Gasteiger partial charge in [-0.1, -0.05) is 36.8 Å². The smallest absolute Gasteiger partial charge is 0.341 e. The molecule has 4 rings (SSSR count). The summed E-state index contributed by atoms with van der Waals surface area (Å²) in [6.07, 6.45) is 2.64. The molecule has 0 saturated heterocycles. The Kier molecular flexibility index (Phi) is 7.46. The Hall–Kier alpha value is -3.00. The predicted octanol–water partition coefficient (Wildman–Crippen LogP) is 4.86. The van der Waals surface area contributed by atoms with Gasteiger partial charge in [0.05, 0.1) is 12.5 Å². The van der Waals surface area contributed by atoms with E-state index in [4.69, 9.17) is 9.47 Å². The molecular weight excluding hydrogens is 454 g/mol. The molecule has 2 saturated carbocycles. The number of carbonyl (C=O) groups excluding carboxylic acids is 4. The van der Waals surface area contributed by atoms with E-state index in [0.717, 1.165) is 24.8 Å². The van der Waals surface area contributed by atoms with E-state index in [9.17, 15) is 19.2 Å². The van der Waals surface area contributed by atoms with Gasteiger partial charge in [0.2, 0.25) is 0 Å². The fourth-order valence-electron chi connectivity index (χ4n) is 4.90. The lowest BCUT2D eigenvalue weighted by Gasteiger charge is -2.36. The zero-order chi connectivity index (χ0) is 24.2. The number of ether oxygens (including phenoxy) is 2. The molecule has 34 heavy (non-hydrogen) atoms. The number of amides is 1. The van der Waals surface area contributed by atoms with Gasteiger partial charge in [-0.2, -0.15) is 0 Å². The molecule has 3 unspecified atom stereocenters. The summed E-state index contributed by atoms with van der Waals surface area (Å²) in [4.78, 5) is 50.6. The Labute approximate surface area is 202 Å². The van der Waals surface area contributed by atoms with Crippen LogP contribution in [0.15, 0.2) is 35.7 Å². The highest BCUT2D eigenvalue weighted by atomic mass is 32.1. The Morgan fingerprint density at radius 3 is 2.44 bits per heavy atom. The molecule has 2 aliphatic carbocycles. The molecule has 2 fully saturated rings.